The third-order valence-corrected chi connectivity index (χ3v) is 5.04. The van der Waals surface area contributed by atoms with Gasteiger partial charge in [-0.1, -0.05) is 19.8 Å². The van der Waals surface area contributed by atoms with Crippen LogP contribution in [0.2, 0.25) is 0 Å². The molecule has 20 heavy (non-hydrogen) atoms. The number of aromatic nitrogens is 3. The number of amides is 1. The van der Waals surface area contributed by atoms with Gasteiger partial charge in [-0.2, -0.15) is 5.10 Å². The lowest BCUT2D eigenvalue weighted by Gasteiger charge is -2.27. The Kier molecular flexibility index (Phi) is 3.52. The Labute approximate surface area is 120 Å². The van der Waals surface area contributed by atoms with Crippen molar-refractivity contribution in [3.63, 3.8) is 0 Å². The maximum Gasteiger partial charge on any atom is 0.219 e. The summed E-state index contributed by atoms with van der Waals surface area (Å²) in [5.74, 6) is 2.41. The van der Waals surface area contributed by atoms with Crippen molar-refractivity contribution in [3.8, 4) is 0 Å². The lowest BCUT2D eigenvalue weighted by molar-refractivity contribution is -0.128. The van der Waals surface area contributed by atoms with E-state index < -0.39 is 0 Å². The molecule has 0 aromatic carbocycles. The van der Waals surface area contributed by atoms with E-state index >= 15 is 0 Å². The van der Waals surface area contributed by atoms with Gasteiger partial charge in [0.05, 0.1) is 0 Å². The third-order valence-electron chi connectivity index (χ3n) is 5.04. The molecule has 2 heterocycles. The highest BCUT2D eigenvalue weighted by Gasteiger charge is 2.50. The van der Waals surface area contributed by atoms with E-state index in [2.05, 4.69) is 17.1 Å². The smallest absolute Gasteiger partial charge is 0.219 e. The molecular weight excluding hydrogens is 252 g/mol. The number of H-pyrrole nitrogens is 1. The molecule has 1 aliphatic heterocycles. The minimum absolute atomic E-state index is 0.183. The second-order valence-corrected chi connectivity index (χ2v) is 6.41. The van der Waals surface area contributed by atoms with E-state index in [4.69, 9.17) is 4.98 Å². The van der Waals surface area contributed by atoms with Crippen LogP contribution in [0.25, 0.3) is 0 Å². The molecule has 1 spiro atoms. The van der Waals surface area contributed by atoms with Gasteiger partial charge in [-0.25, -0.2) is 4.98 Å². The Morgan fingerprint density at radius 2 is 2.20 bits per heavy atom. The molecule has 1 unspecified atom stereocenters. The van der Waals surface area contributed by atoms with Crippen LogP contribution in [-0.4, -0.2) is 39.1 Å². The van der Waals surface area contributed by atoms with E-state index in [-0.39, 0.29) is 11.3 Å². The molecule has 3 rings (SSSR count). The molecule has 1 saturated carbocycles. The zero-order valence-electron chi connectivity index (χ0n) is 12.5. The topological polar surface area (TPSA) is 61.9 Å². The van der Waals surface area contributed by atoms with Gasteiger partial charge >= 0.3 is 0 Å². The van der Waals surface area contributed by atoms with Gasteiger partial charge in [0.1, 0.15) is 5.82 Å². The standard InChI is InChI=1S/C15H24N4O/c1-3-6-13-16-14(18-17-13)12-9-19(11(2)20)10-15(12)7-4-5-8-15/h12H,3-10H2,1-2H3,(H,16,17,18). The number of hydrogen-bond acceptors (Lipinski definition) is 3. The predicted molar refractivity (Wildman–Crippen MR) is 76.3 cm³/mol. The highest BCUT2D eigenvalue weighted by molar-refractivity contribution is 5.73. The average molecular weight is 276 g/mol. The first-order valence-electron chi connectivity index (χ1n) is 7.81. The summed E-state index contributed by atoms with van der Waals surface area (Å²) in [4.78, 5) is 18.4. The van der Waals surface area contributed by atoms with Crippen molar-refractivity contribution in [2.75, 3.05) is 13.1 Å². The van der Waals surface area contributed by atoms with Crippen LogP contribution < -0.4 is 0 Å². The highest BCUT2D eigenvalue weighted by atomic mass is 16.2. The minimum atomic E-state index is 0.183. The summed E-state index contributed by atoms with van der Waals surface area (Å²) in [6, 6.07) is 0. The van der Waals surface area contributed by atoms with Crippen LogP contribution in [0, 0.1) is 5.41 Å². The number of nitrogens with one attached hydrogen (secondary N) is 1. The number of aromatic amines is 1. The van der Waals surface area contributed by atoms with Crippen molar-refractivity contribution in [2.45, 2.75) is 58.3 Å². The molecule has 1 aromatic rings. The van der Waals surface area contributed by atoms with Gasteiger partial charge in [0.25, 0.3) is 0 Å². The summed E-state index contributed by atoms with van der Waals surface area (Å²) < 4.78 is 0. The van der Waals surface area contributed by atoms with Crippen molar-refractivity contribution in [1.82, 2.24) is 20.1 Å². The number of carbonyl (C=O) groups is 1. The molecule has 2 aliphatic rings. The molecular formula is C15H24N4O. The quantitative estimate of drug-likeness (QED) is 0.921. The molecule has 1 atom stereocenters. The molecule has 110 valence electrons. The summed E-state index contributed by atoms with van der Waals surface area (Å²) in [6.07, 6.45) is 6.98. The summed E-state index contributed by atoms with van der Waals surface area (Å²) in [5, 5.41) is 7.52. The van der Waals surface area contributed by atoms with Crippen LogP contribution in [0.1, 0.15) is 63.5 Å². The van der Waals surface area contributed by atoms with Crippen LogP contribution in [0.5, 0.6) is 0 Å². The van der Waals surface area contributed by atoms with Gasteiger partial charge < -0.3 is 4.90 Å². The molecule has 0 radical (unpaired) electrons. The molecule has 1 aromatic heterocycles. The number of nitrogens with zero attached hydrogens (tertiary/aromatic N) is 3. The fourth-order valence-electron chi connectivity index (χ4n) is 3.96. The maximum absolute atomic E-state index is 11.7. The van der Waals surface area contributed by atoms with E-state index in [9.17, 15) is 4.79 Å². The van der Waals surface area contributed by atoms with E-state index in [0.29, 0.717) is 5.92 Å². The average Bonchev–Trinajstić information content (AvgIpc) is 3.12. The summed E-state index contributed by atoms with van der Waals surface area (Å²) in [7, 11) is 0. The monoisotopic (exact) mass is 276 g/mol. The Bertz CT molecular complexity index is 490. The van der Waals surface area contributed by atoms with Gasteiger partial charge in [0, 0.05) is 32.4 Å². The van der Waals surface area contributed by atoms with Gasteiger partial charge in [0.15, 0.2) is 5.82 Å². The minimum Gasteiger partial charge on any atom is -0.342 e. The first kappa shape index (κ1) is 13.6. The summed E-state index contributed by atoms with van der Waals surface area (Å²) in [5.41, 5.74) is 0.233. The van der Waals surface area contributed by atoms with Crippen LogP contribution in [0.15, 0.2) is 0 Å². The predicted octanol–water partition coefficient (Wildman–Crippen LogP) is 2.26. The zero-order chi connectivity index (χ0) is 14.2. The normalized spacial score (nSPS) is 24.7. The third kappa shape index (κ3) is 2.23. The van der Waals surface area contributed by atoms with Crippen LogP contribution in [-0.2, 0) is 11.2 Å². The molecule has 0 bridgehead atoms. The van der Waals surface area contributed by atoms with E-state index in [1.165, 1.54) is 25.7 Å². The van der Waals surface area contributed by atoms with Crippen molar-refractivity contribution in [2.24, 2.45) is 5.41 Å². The fraction of sp³-hybridized carbons (Fsp3) is 0.800. The Morgan fingerprint density at radius 3 is 2.85 bits per heavy atom. The van der Waals surface area contributed by atoms with E-state index in [1.807, 2.05) is 4.90 Å². The van der Waals surface area contributed by atoms with Crippen molar-refractivity contribution in [1.29, 1.82) is 0 Å². The Balaban J connectivity index is 1.86. The highest BCUT2D eigenvalue weighted by Crippen LogP contribution is 2.52. The van der Waals surface area contributed by atoms with Crippen LogP contribution in [0.4, 0.5) is 0 Å². The lowest BCUT2D eigenvalue weighted by Crippen LogP contribution is -2.29. The van der Waals surface area contributed by atoms with Gasteiger partial charge in [-0.3, -0.25) is 9.89 Å². The molecule has 5 nitrogen and oxygen atoms in total. The van der Waals surface area contributed by atoms with Crippen molar-refractivity contribution in [3.05, 3.63) is 11.6 Å². The van der Waals surface area contributed by atoms with Gasteiger partial charge in [-0.15, -0.1) is 0 Å². The summed E-state index contributed by atoms with van der Waals surface area (Å²) in [6.45, 7) is 5.50. The van der Waals surface area contributed by atoms with Crippen LogP contribution in [0.3, 0.4) is 0 Å². The zero-order valence-corrected chi connectivity index (χ0v) is 12.5. The van der Waals surface area contributed by atoms with Gasteiger partial charge in [-0.05, 0) is 24.7 Å². The molecule has 1 saturated heterocycles. The molecule has 2 fully saturated rings. The molecule has 5 heteroatoms. The first-order valence-corrected chi connectivity index (χ1v) is 7.81. The number of rotatable bonds is 3. The first-order chi connectivity index (χ1) is 9.64. The lowest BCUT2D eigenvalue weighted by atomic mass is 9.76. The Morgan fingerprint density at radius 1 is 1.45 bits per heavy atom. The number of aryl methyl sites for hydroxylation is 1. The van der Waals surface area contributed by atoms with Gasteiger partial charge in [0.2, 0.25) is 5.91 Å². The van der Waals surface area contributed by atoms with E-state index in [0.717, 1.165) is 37.6 Å². The number of likely N-dealkylation sites (tertiary alicyclic amines) is 1. The maximum atomic E-state index is 11.7. The Hall–Kier alpha value is -1.39. The molecule has 1 aliphatic carbocycles. The fourth-order valence-corrected chi connectivity index (χ4v) is 3.96. The second-order valence-electron chi connectivity index (χ2n) is 6.41. The number of carbonyl (C=O) groups excluding carboxylic acids is 1. The number of hydrogen-bond donors (Lipinski definition) is 1. The largest absolute Gasteiger partial charge is 0.342 e. The summed E-state index contributed by atoms with van der Waals surface area (Å²) >= 11 is 0. The van der Waals surface area contributed by atoms with Crippen molar-refractivity contribution >= 4 is 5.91 Å². The second kappa shape index (κ2) is 5.19. The SMILES string of the molecule is CCCc1nc(C2CN(C(C)=O)CC23CCCC3)n[nH]1. The van der Waals surface area contributed by atoms with E-state index in [1.54, 1.807) is 6.92 Å². The van der Waals surface area contributed by atoms with Crippen molar-refractivity contribution < 1.29 is 4.79 Å². The molecule has 1 N–H and O–H groups in total. The van der Waals surface area contributed by atoms with Crippen LogP contribution >= 0.6 is 0 Å². The molecule has 1 amide bonds.